The molecule has 0 saturated carbocycles. The minimum atomic E-state index is -0.186. The van der Waals surface area contributed by atoms with Crippen LogP contribution >= 0.6 is 15.9 Å². The van der Waals surface area contributed by atoms with E-state index in [1.807, 2.05) is 48.5 Å². The van der Waals surface area contributed by atoms with E-state index >= 15 is 0 Å². The molecule has 102 valence electrons. The van der Waals surface area contributed by atoms with Crippen LogP contribution in [0.3, 0.4) is 0 Å². The Morgan fingerprint density at radius 1 is 1.20 bits per heavy atom. The lowest BCUT2D eigenvalue weighted by Crippen LogP contribution is -2.07. The first-order valence-corrected chi connectivity index (χ1v) is 6.86. The standard InChI is InChI=1S/C16H14BrNO2/c1-20-15-8-3-2-5-12(15)9-10-16(19)18-14-7-4-6-13(17)11-14/h2-11H,1H3,(H,18,19)/b10-9+. The molecule has 0 aliphatic rings. The molecule has 20 heavy (non-hydrogen) atoms. The third-order valence-corrected chi connectivity index (χ3v) is 3.14. The lowest BCUT2D eigenvalue weighted by molar-refractivity contribution is -0.111. The molecule has 0 aromatic heterocycles. The van der Waals surface area contributed by atoms with Crippen molar-refractivity contribution in [2.24, 2.45) is 0 Å². The summed E-state index contributed by atoms with van der Waals surface area (Å²) in [4.78, 5) is 11.8. The van der Waals surface area contributed by atoms with Crippen molar-refractivity contribution in [1.29, 1.82) is 0 Å². The topological polar surface area (TPSA) is 38.3 Å². The fourth-order valence-electron chi connectivity index (χ4n) is 1.72. The van der Waals surface area contributed by atoms with Crippen molar-refractivity contribution in [3.8, 4) is 5.75 Å². The minimum Gasteiger partial charge on any atom is -0.496 e. The molecule has 4 heteroatoms. The summed E-state index contributed by atoms with van der Waals surface area (Å²) in [6.45, 7) is 0. The van der Waals surface area contributed by atoms with E-state index in [0.29, 0.717) is 0 Å². The Morgan fingerprint density at radius 2 is 2.00 bits per heavy atom. The number of hydrogen-bond donors (Lipinski definition) is 1. The number of nitrogens with one attached hydrogen (secondary N) is 1. The normalized spacial score (nSPS) is 10.5. The van der Waals surface area contributed by atoms with Gasteiger partial charge in [0.1, 0.15) is 5.75 Å². The smallest absolute Gasteiger partial charge is 0.248 e. The fraction of sp³-hybridized carbons (Fsp3) is 0.0625. The Morgan fingerprint density at radius 3 is 2.75 bits per heavy atom. The molecule has 0 aliphatic carbocycles. The van der Waals surface area contributed by atoms with Gasteiger partial charge in [-0.05, 0) is 30.3 Å². The number of amides is 1. The van der Waals surface area contributed by atoms with Gasteiger partial charge in [-0.2, -0.15) is 0 Å². The summed E-state index contributed by atoms with van der Waals surface area (Å²) >= 11 is 3.36. The summed E-state index contributed by atoms with van der Waals surface area (Å²) in [7, 11) is 1.61. The number of hydrogen-bond acceptors (Lipinski definition) is 2. The number of ether oxygens (including phenoxy) is 1. The second-order valence-corrected chi connectivity index (χ2v) is 4.99. The van der Waals surface area contributed by atoms with Crippen molar-refractivity contribution in [3.05, 3.63) is 64.6 Å². The maximum atomic E-state index is 11.8. The van der Waals surface area contributed by atoms with Crippen LogP contribution < -0.4 is 10.1 Å². The van der Waals surface area contributed by atoms with Crippen LogP contribution in [-0.2, 0) is 4.79 Å². The molecule has 1 amide bonds. The van der Waals surface area contributed by atoms with Crippen molar-refractivity contribution >= 4 is 33.6 Å². The molecule has 3 nitrogen and oxygen atoms in total. The zero-order chi connectivity index (χ0) is 14.4. The van der Waals surface area contributed by atoms with Gasteiger partial charge >= 0.3 is 0 Å². The monoisotopic (exact) mass is 331 g/mol. The largest absolute Gasteiger partial charge is 0.496 e. The van der Waals surface area contributed by atoms with E-state index in [1.54, 1.807) is 13.2 Å². The first kappa shape index (κ1) is 14.3. The third-order valence-electron chi connectivity index (χ3n) is 2.65. The van der Waals surface area contributed by atoms with Gasteiger partial charge in [-0.25, -0.2) is 0 Å². The molecule has 2 aromatic carbocycles. The maximum Gasteiger partial charge on any atom is 0.248 e. The highest BCUT2D eigenvalue weighted by Crippen LogP contribution is 2.19. The van der Waals surface area contributed by atoms with Crippen molar-refractivity contribution in [2.45, 2.75) is 0 Å². The Balaban J connectivity index is 2.06. The number of rotatable bonds is 4. The fourth-order valence-corrected chi connectivity index (χ4v) is 2.12. The SMILES string of the molecule is COc1ccccc1/C=C/C(=O)Nc1cccc(Br)c1. The summed E-state index contributed by atoms with van der Waals surface area (Å²) in [6.07, 6.45) is 3.21. The molecule has 2 rings (SSSR count). The predicted molar refractivity (Wildman–Crippen MR) is 84.8 cm³/mol. The average molecular weight is 332 g/mol. The Labute approximate surface area is 126 Å². The highest BCUT2D eigenvalue weighted by atomic mass is 79.9. The van der Waals surface area contributed by atoms with Crippen LogP contribution in [0.15, 0.2) is 59.1 Å². The van der Waals surface area contributed by atoms with Crippen molar-refractivity contribution in [1.82, 2.24) is 0 Å². The lowest BCUT2D eigenvalue weighted by atomic mass is 10.2. The number of carbonyl (C=O) groups excluding carboxylic acids is 1. The molecule has 0 aliphatic heterocycles. The van der Waals surface area contributed by atoms with E-state index in [9.17, 15) is 4.79 Å². The Kier molecular flexibility index (Phi) is 4.96. The van der Waals surface area contributed by atoms with Gasteiger partial charge in [0.25, 0.3) is 0 Å². The minimum absolute atomic E-state index is 0.186. The van der Waals surface area contributed by atoms with Gasteiger partial charge in [-0.1, -0.05) is 40.2 Å². The summed E-state index contributed by atoms with van der Waals surface area (Å²) in [5.74, 6) is 0.549. The van der Waals surface area contributed by atoms with Crippen molar-refractivity contribution in [2.75, 3.05) is 12.4 Å². The van der Waals surface area contributed by atoms with Gasteiger partial charge in [-0.3, -0.25) is 4.79 Å². The van der Waals surface area contributed by atoms with Gasteiger partial charge < -0.3 is 10.1 Å². The molecule has 0 radical (unpaired) electrons. The quantitative estimate of drug-likeness (QED) is 0.856. The number of benzene rings is 2. The van der Waals surface area contributed by atoms with E-state index in [-0.39, 0.29) is 5.91 Å². The van der Waals surface area contributed by atoms with Crippen molar-refractivity contribution in [3.63, 3.8) is 0 Å². The number of para-hydroxylation sites is 1. The molecular formula is C16H14BrNO2. The van der Waals surface area contributed by atoms with Gasteiger partial charge in [0.15, 0.2) is 0 Å². The van der Waals surface area contributed by atoms with Gasteiger partial charge in [0, 0.05) is 21.8 Å². The second-order valence-electron chi connectivity index (χ2n) is 4.07. The number of carbonyl (C=O) groups is 1. The number of methoxy groups -OCH3 is 1. The van der Waals surface area contributed by atoms with Crippen LogP contribution in [0.1, 0.15) is 5.56 Å². The van der Waals surface area contributed by atoms with Gasteiger partial charge in [-0.15, -0.1) is 0 Å². The highest BCUT2D eigenvalue weighted by Gasteiger charge is 2.00. The summed E-state index contributed by atoms with van der Waals surface area (Å²) in [5.41, 5.74) is 1.61. The second kappa shape index (κ2) is 6.91. The van der Waals surface area contributed by atoms with Crippen LogP contribution in [0.25, 0.3) is 6.08 Å². The van der Waals surface area contributed by atoms with Crippen molar-refractivity contribution < 1.29 is 9.53 Å². The first-order valence-electron chi connectivity index (χ1n) is 6.06. The van der Waals surface area contributed by atoms with Crippen LogP contribution in [0.5, 0.6) is 5.75 Å². The van der Waals surface area contributed by atoms with Crippen LogP contribution in [-0.4, -0.2) is 13.0 Å². The zero-order valence-corrected chi connectivity index (χ0v) is 12.6. The Bertz CT molecular complexity index is 638. The average Bonchev–Trinajstić information content (AvgIpc) is 2.45. The lowest BCUT2D eigenvalue weighted by Gasteiger charge is -2.04. The van der Waals surface area contributed by atoms with Crippen LogP contribution in [0.2, 0.25) is 0 Å². The molecule has 0 saturated heterocycles. The molecule has 2 aromatic rings. The van der Waals surface area contributed by atoms with E-state index < -0.39 is 0 Å². The summed E-state index contributed by atoms with van der Waals surface area (Å²) in [6, 6.07) is 15.0. The molecular weight excluding hydrogens is 318 g/mol. The highest BCUT2D eigenvalue weighted by molar-refractivity contribution is 9.10. The molecule has 1 N–H and O–H groups in total. The van der Waals surface area contributed by atoms with Crippen LogP contribution in [0, 0.1) is 0 Å². The third kappa shape index (κ3) is 3.96. The van der Waals surface area contributed by atoms with E-state index in [1.165, 1.54) is 6.08 Å². The number of halogens is 1. The van der Waals surface area contributed by atoms with E-state index in [4.69, 9.17) is 4.74 Å². The molecule has 0 heterocycles. The van der Waals surface area contributed by atoms with Crippen LogP contribution in [0.4, 0.5) is 5.69 Å². The molecule has 0 atom stereocenters. The van der Waals surface area contributed by atoms with Gasteiger partial charge in [0.2, 0.25) is 5.91 Å². The molecule has 0 unspecified atom stereocenters. The summed E-state index contributed by atoms with van der Waals surface area (Å²) in [5, 5.41) is 2.79. The Hall–Kier alpha value is -2.07. The first-order chi connectivity index (χ1) is 9.69. The molecule has 0 spiro atoms. The van der Waals surface area contributed by atoms with E-state index in [0.717, 1.165) is 21.5 Å². The maximum absolute atomic E-state index is 11.8. The zero-order valence-electron chi connectivity index (χ0n) is 11.0. The molecule has 0 fully saturated rings. The van der Waals surface area contributed by atoms with Gasteiger partial charge in [0.05, 0.1) is 7.11 Å². The predicted octanol–water partition coefficient (Wildman–Crippen LogP) is 4.11. The summed E-state index contributed by atoms with van der Waals surface area (Å²) < 4.78 is 6.14. The number of anilines is 1. The molecule has 0 bridgehead atoms. The van der Waals surface area contributed by atoms with E-state index in [2.05, 4.69) is 21.2 Å².